The van der Waals surface area contributed by atoms with E-state index >= 15 is 0 Å². The molecule has 0 heterocycles. The maximum Gasteiger partial charge on any atom is 0.336 e. The maximum absolute atomic E-state index is 11.1. The number of aromatic carboxylic acids is 1. The summed E-state index contributed by atoms with van der Waals surface area (Å²) in [6.07, 6.45) is 3.11. The van der Waals surface area contributed by atoms with Crippen LogP contribution in [-0.2, 0) is 4.79 Å². The summed E-state index contributed by atoms with van der Waals surface area (Å²) in [5.74, 6) is -1.99. The van der Waals surface area contributed by atoms with E-state index in [1.54, 1.807) is 19.1 Å². The largest absolute Gasteiger partial charge is 0.481 e. The summed E-state index contributed by atoms with van der Waals surface area (Å²) in [6.45, 7) is 1.77. The molecule has 1 aliphatic carbocycles. The van der Waals surface area contributed by atoms with Crippen molar-refractivity contribution in [3.8, 4) is 0 Å². The topological polar surface area (TPSA) is 86.6 Å². The van der Waals surface area contributed by atoms with Gasteiger partial charge in [0.05, 0.1) is 11.5 Å². The van der Waals surface area contributed by atoms with Gasteiger partial charge in [0.1, 0.15) is 0 Å². The van der Waals surface area contributed by atoms with Gasteiger partial charge in [-0.25, -0.2) is 4.79 Å². The van der Waals surface area contributed by atoms with E-state index in [9.17, 15) is 9.59 Å². The molecule has 0 spiro atoms. The van der Waals surface area contributed by atoms with E-state index in [2.05, 4.69) is 5.32 Å². The molecule has 0 radical (unpaired) electrons. The minimum Gasteiger partial charge on any atom is -0.481 e. The molecule has 0 amide bonds. The standard InChI is InChI=1S/C15H19NO4/c1-9-12(15(19)20)6-3-7-13(9)16-11-5-2-4-10(8-11)14(17)18/h3,6-7,10-11,16H,2,4-5,8H2,1H3,(H,17,18)(H,19,20). The monoisotopic (exact) mass is 277 g/mol. The van der Waals surface area contributed by atoms with Crippen LogP contribution in [0.4, 0.5) is 5.69 Å². The highest BCUT2D eigenvalue weighted by Gasteiger charge is 2.27. The van der Waals surface area contributed by atoms with Gasteiger partial charge in [-0.2, -0.15) is 0 Å². The first-order valence-corrected chi connectivity index (χ1v) is 6.81. The zero-order valence-electron chi connectivity index (χ0n) is 11.4. The fourth-order valence-corrected chi connectivity index (χ4v) is 2.79. The minimum absolute atomic E-state index is 0.0904. The summed E-state index contributed by atoms with van der Waals surface area (Å²) in [5.41, 5.74) is 1.75. The summed E-state index contributed by atoms with van der Waals surface area (Å²) in [5, 5.41) is 21.5. The van der Waals surface area contributed by atoms with Crippen molar-refractivity contribution in [2.45, 2.75) is 38.6 Å². The molecule has 2 atom stereocenters. The first-order chi connectivity index (χ1) is 9.49. The molecule has 1 saturated carbocycles. The Hall–Kier alpha value is -2.04. The van der Waals surface area contributed by atoms with E-state index < -0.39 is 11.9 Å². The molecule has 2 unspecified atom stereocenters. The zero-order chi connectivity index (χ0) is 14.7. The van der Waals surface area contributed by atoms with Crippen molar-refractivity contribution < 1.29 is 19.8 Å². The first kappa shape index (κ1) is 14.4. The van der Waals surface area contributed by atoms with Crippen LogP contribution in [0.15, 0.2) is 18.2 Å². The van der Waals surface area contributed by atoms with Crippen LogP contribution in [0, 0.1) is 12.8 Å². The minimum atomic E-state index is -0.946. The Labute approximate surface area is 117 Å². The number of benzene rings is 1. The molecule has 0 aromatic heterocycles. The molecule has 5 heteroatoms. The Morgan fingerprint density at radius 3 is 2.65 bits per heavy atom. The van der Waals surface area contributed by atoms with Crippen LogP contribution < -0.4 is 5.32 Å². The SMILES string of the molecule is Cc1c(NC2CCCC(C(=O)O)C2)cccc1C(=O)O. The molecule has 20 heavy (non-hydrogen) atoms. The highest BCUT2D eigenvalue weighted by Crippen LogP contribution is 2.28. The number of nitrogens with one attached hydrogen (secondary N) is 1. The Kier molecular flexibility index (Phi) is 4.27. The highest BCUT2D eigenvalue weighted by molar-refractivity contribution is 5.91. The second-order valence-corrected chi connectivity index (χ2v) is 5.33. The van der Waals surface area contributed by atoms with Gasteiger partial charge in [-0.3, -0.25) is 4.79 Å². The Balaban J connectivity index is 2.12. The van der Waals surface area contributed by atoms with Crippen LogP contribution in [0.2, 0.25) is 0 Å². The maximum atomic E-state index is 11.1. The van der Waals surface area contributed by atoms with Gasteiger partial charge < -0.3 is 15.5 Å². The molecule has 1 fully saturated rings. The molecular formula is C15H19NO4. The van der Waals surface area contributed by atoms with Gasteiger partial charge in [0.2, 0.25) is 0 Å². The van der Waals surface area contributed by atoms with Crippen LogP contribution in [0.1, 0.15) is 41.6 Å². The van der Waals surface area contributed by atoms with Crippen molar-refractivity contribution in [2.24, 2.45) is 5.92 Å². The molecule has 1 aliphatic rings. The summed E-state index contributed by atoms with van der Waals surface area (Å²) >= 11 is 0. The van der Waals surface area contributed by atoms with Crippen molar-refractivity contribution in [2.75, 3.05) is 5.32 Å². The number of carbonyl (C=O) groups is 2. The average Bonchev–Trinajstić information content (AvgIpc) is 2.41. The van der Waals surface area contributed by atoms with E-state index in [1.165, 1.54) is 0 Å². The summed E-state index contributed by atoms with van der Waals surface area (Å²) in [6, 6.07) is 5.21. The second kappa shape index (κ2) is 5.94. The number of anilines is 1. The van der Waals surface area contributed by atoms with Gasteiger partial charge in [0.15, 0.2) is 0 Å². The molecular weight excluding hydrogens is 258 g/mol. The molecule has 1 aromatic carbocycles. The quantitative estimate of drug-likeness (QED) is 0.787. The fraction of sp³-hybridized carbons (Fsp3) is 0.467. The lowest BCUT2D eigenvalue weighted by Crippen LogP contribution is -2.31. The van der Waals surface area contributed by atoms with Gasteiger partial charge in [-0.05, 0) is 43.9 Å². The summed E-state index contributed by atoms with van der Waals surface area (Å²) in [7, 11) is 0. The third-order valence-corrected chi connectivity index (χ3v) is 3.95. The van der Waals surface area contributed by atoms with Crippen molar-refractivity contribution in [3.63, 3.8) is 0 Å². The van der Waals surface area contributed by atoms with Gasteiger partial charge in [-0.1, -0.05) is 12.5 Å². The average molecular weight is 277 g/mol. The van der Waals surface area contributed by atoms with Crippen molar-refractivity contribution >= 4 is 17.6 Å². The zero-order valence-corrected chi connectivity index (χ0v) is 11.4. The van der Waals surface area contributed by atoms with Crippen molar-refractivity contribution in [1.82, 2.24) is 0 Å². The Morgan fingerprint density at radius 1 is 1.25 bits per heavy atom. The lowest BCUT2D eigenvalue weighted by Gasteiger charge is -2.29. The molecule has 1 aromatic rings. The number of hydrogen-bond donors (Lipinski definition) is 3. The van der Waals surface area contributed by atoms with Crippen LogP contribution in [0.3, 0.4) is 0 Å². The third-order valence-electron chi connectivity index (χ3n) is 3.95. The van der Waals surface area contributed by atoms with E-state index in [-0.39, 0.29) is 17.5 Å². The number of aliphatic carboxylic acids is 1. The molecule has 0 saturated heterocycles. The predicted octanol–water partition coefficient (Wildman–Crippen LogP) is 2.75. The molecule has 0 bridgehead atoms. The molecule has 3 N–H and O–H groups in total. The third kappa shape index (κ3) is 3.10. The lowest BCUT2D eigenvalue weighted by molar-refractivity contribution is -0.142. The van der Waals surface area contributed by atoms with Gasteiger partial charge in [0, 0.05) is 11.7 Å². The highest BCUT2D eigenvalue weighted by atomic mass is 16.4. The predicted molar refractivity (Wildman–Crippen MR) is 75.1 cm³/mol. The summed E-state index contributed by atoms with van der Waals surface area (Å²) in [4.78, 5) is 22.2. The summed E-state index contributed by atoms with van der Waals surface area (Å²) < 4.78 is 0. The van der Waals surface area contributed by atoms with Crippen molar-refractivity contribution in [3.05, 3.63) is 29.3 Å². The van der Waals surface area contributed by atoms with Crippen LogP contribution in [-0.4, -0.2) is 28.2 Å². The first-order valence-electron chi connectivity index (χ1n) is 6.81. The van der Waals surface area contributed by atoms with E-state index in [4.69, 9.17) is 10.2 Å². The number of carboxylic acid groups (broad SMARTS) is 2. The molecule has 5 nitrogen and oxygen atoms in total. The van der Waals surface area contributed by atoms with Crippen LogP contribution >= 0.6 is 0 Å². The van der Waals surface area contributed by atoms with E-state index in [1.807, 2.05) is 6.07 Å². The van der Waals surface area contributed by atoms with Crippen LogP contribution in [0.25, 0.3) is 0 Å². The molecule has 2 rings (SSSR count). The Morgan fingerprint density at radius 2 is 2.00 bits per heavy atom. The second-order valence-electron chi connectivity index (χ2n) is 5.33. The number of carboxylic acids is 2. The molecule has 108 valence electrons. The molecule has 0 aliphatic heterocycles. The lowest BCUT2D eigenvalue weighted by atomic mass is 9.85. The number of rotatable bonds is 4. The number of hydrogen-bond acceptors (Lipinski definition) is 3. The van der Waals surface area contributed by atoms with E-state index in [0.29, 0.717) is 12.0 Å². The Bertz CT molecular complexity index is 527. The van der Waals surface area contributed by atoms with Crippen molar-refractivity contribution in [1.29, 1.82) is 0 Å². The fourth-order valence-electron chi connectivity index (χ4n) is 2.79. The van der Waals surface area contributed by atoms with Gasteiger partial charge >= 0.3 is 11.9 Å². The van der Waals surface area contributed by atoms with Crippen LogP contribution in [0.5, 0.6) is 0 Å². The smallest absolute Gasteiger partial charge is 0.336 e. The van der Waals surface area contributed by atoms with E-state index in [0.717, 1.165) is 24.9 Å². The van der Waals surface area contributed by atoms with Gasteiger partial charge in [0.25, 0.3) is 0 Å². The van der Waals surface area contributed by atoms with Gasteiger partial charge in [-0.15, -0.1) is 0 Å². The normalized spacial score (nSPS) is 22.2.